The summed E-state index contributed by atoms with van der Waals surface area (Å²) in [7, 11) is 0. The van der Waals surface area contributed by atoms with E-state index in [0.29, 0.717) is 11.8 Å². The molecule has 0 heterocycles. The van der Waals surface area contributed by atoms with Crippen LogP contribution in [-0.4, -0.2) is 36.8 Å². The number of nitrogens with one attached hydrogen (secondary N) is 2. The topological polar surface area (TPSA) is 36.4 Å². The molecule has 2 N–H and O–H groups in total. The molecule has 1 aromatic carbocycles. The van der Waals surface area contributed by atoms with E-state index >= 15 is 0 Å². The second kappa shape index (κ2) is 10.0. The van der Waals surface area contributed by atoms with Gasteiger partial charge in [0.25, 0.3) is 0 Å². The molecular formula is C16H27N3S2. The maximum atomic E-state index is 4.70. The third-order valence-corrected chi connectivity index (χ3v) is 4.94. The summed E-state index contributed by atoms with van der Waals surface area (Å²) < 4.78 is 0. The van der Waals surface area contributed by atoms with Gasteiger partial charge in [-0.2, -0.15) is 11.8 Å². The molecule has 118 valence electrons. The smallest absolute Gasteiger partial charge is 0.191 e. The summed E-state index contributed by atoms with van der Waals surface area (Å²) in [5.41, 5.74) is 2.58. The predicted molar refractivity (Wildman–Crippen MR) is 98.8 cm³/mol. The monoisotopic (exact) mass is 325 g/mol. The molecular weight excluding hydrogens is 298 g/mol. The van der Waals surface area contributed by atoms with Gasteiger partial charge in [-0.25, -0.2) is 4.99 Å². The summed E-state index contributed by atoms with van der Waals surface area (Å²) in [4.78, 5) is 6.01. The first-order valence-electron chi connectivity index (χ1n) is 7.29. The predicted octanol–water partition coefficient (Wildman–Crippen LogP) is 3.52. The van der Waals surface area contributed by atoms with Crippen molar-refractivity contribution in [2.45, 2.75) is 37.5 Å². The summed E-state index contributed by atoms with van der Waals surface area (Å²) in [6.07, 6.45) is 4.25. The number of thioether (sulfide) groups is 2. The van der Waals surface area contributed by atoms with E-state index in [2.05, 4.69) is 62.1 Å². The Morgan fingerprint density at radius 3 is 2.67 bits per heavy atom. The molecule has 3 nitrogen and oxygen atoms in total. The number of benzene rings is 1. The Morgan fingerprint density at radius 1 is 1.29 bits per heavy atom. The van der Waals surface area contributed by atoms with Crippen LogP contribution in [0.25, 0.3) is 0 Å². The molecule has 0 aliphatic rings. The van der Waals surface area contributed by atoms with Crippen LogP contribution in [-0.2, 0) is 6.54 Å². The van der Waals surface area contributed by atoms with Crippen molar-refractivity contribution in [1.29, 1.82) is 0 Å². The first-order chi connectivity index (χ1) is 10.1. The molecule has 1 aromatic rings. The zero-order valence-electron chi connectivity index (χ0n) is 13.7. The number of guanidine groups is 1. The number of aliphatic imine (C=N–C) groups is 1. The molecule has 0 bridgehead atoms. The fraction of sp³-hybridized carbons (Fsp3) is 0.562. The van der Waals surface area contributed by atoms with Gasteiger partial charge in [0, 0.05) is 23.2 Å². The summed E-state index contributed by atoms with van der Waals surface area (Å²) in [6.45, 7) is 8.95. The summed E-state index contributed by atoms with van der Waals surface area (Å²) in [5.74, 6) is 0.894. The second-order valence-electron chi connectivity index (χ2n) is 4.94. The zero-order valence-corrected chi connectivity index (χ0v) is 15.3. The minimum absolute atomic E-state index is 0.579. The van der Waals surface area contributed by atoms with E-state index < -0.39 is 0 Å². The number of hydrogen-bond acceptors (Lipinski definition) is 3. The summed E-state index contributed by atoms with van der Waals surface area (Å²) in [5, 5.41) is 7.28. The molecule has 0 aliphatic heterocycles. The Kier molecular flexibility index (Phi) is 8.69. The number of aryl methyl sites for hydroxylation is 1. The van der Waals surface area contributed by atoms with E-state index in [1.54, 1.807) is 11.8 Å². The van der Waals surface area contributed by atoms with Gasteiger partial charge in [-0.1, -0.05) is 19.1 Å². The molecule has 1 rings (SSSR count). The Bertz CT molecular complexity index is 461. The van der Waals surface area contributed by atoms with Crippen LogP contribution in [0.2, 0.25) is 0 Å². The lowest BCUT2D eigenvalue weighted by Gasteiger charge is -2.14. The van der Waals surface area contributed by atoms with Crippen LogP contribution in [0.15, 0.2) is 28.1 Å². The first kappa shape index (κ1) is 18.2. The molecule has 0 saturated heterocycles. The Morgan fingerprint density at radius 2 is 2.05 bits per heavy atom. The zero-order chi connectivity index (χ0) is 15.7. The molecule has 21 heavy (non-hydrogen) atoms. The van der Waals surface area contributed by atoms with Crippen molar-refractivity contribution in [2.24, 2.45) is 4.99 Å². The van der Waals surface area contributed by atoms with Crippen LogP contribution in [0.3, 0.4) is 0 Å². The molecule has 5 heteroatoms. The fourth-order valence-corrected chi connectivity index (χ4v) is 2.76. The molecule has 1 atom stereocenters. The van der Waals surface area contributed by atoms with Gasteiger partial charge in [0.05, 0.1) is 6.54 Å². The molecule has 0 fully saturated rings. The molecule has 0 saturated carbocycles. The van der Waals surface area contributed by atoms with Crippen molar-refractivity contribution in [1.82, 2.24) is 10.6 Å². The van der Waals surface area contributed by atoms with Gasteiger partial charge in [0.15, 0.2) is 5.96 Å². The lowest BCUT2D eigenvalue weighted by molar-refractivity contribution is 0.794. The summed E-state index contributed by atoms with van der Waals surface area (Å²) >= 11 is 3.64. The van der Waals surface area contributed by atoms with Crippen LogP contribution in [0.5, 0.6) is 0 Å². The average molecular weight is 326 g/mol. The first-order valence-corrected chi connectivity index (χ1v) is 9.80. The highest BCUT2D eigenvalue weighted by Crippen LogP contribution is 2.22. The van der Waals surface area contributed by atoms with Crippen molar-refractivity contribution in [3.05, 3.63) is 29.3 Å². The average Bonchev–Trinajstić information content (AvgIpc) is 2.50. The fourth-order valence-electron chi connectivity index (χ4n) is 1.81. The third kappa shape index (κ3) is 6.66. The van der Waals surface area contributed by atoms with Gasteiger partial charge in [0.2, 0.25) is 0 Å². The molecule has 0 aliphatic carbocycles. The molecule has 0 aromatic heterocycles. The van der Waals surface area contributed by atoms with Crippen LogP contribution in [0, 0.1) is 6.92 Å². The maximum Gasteiger partial charge on any atom is 0.191 e. The van der Waals surface area contributed by atoms with E-state index in [-0.39, 0.29) is 0 Å². The van der Waals surface area contributed by atoms with Crippen molar-refractivity contribution in [2.75, 3.05) is 25.6 Å². The highest BCUT2D eigenvalue weighted by Gasteiger charge is 2.04. The van der Waals surface area contributed by atoms with E-state index in [1.807, 2.05) is 11.8 Å². The normalized spacial score (nSPS) is 13.1. The van der Waals surface area contributed by atoms with Gasteiger partial charge in [-0.15, -0.1) is 11.8 Å². The highest BCUT2D eigenvalue weighted by atomic mass is 32.2. The van der Waals surface area contributed by atoms with Gasteiger partial charge < -0.3 is 10.6 Å². The van der Waals surface area contributed by atoms with E-state index in [4.69, 9.17) is 4.99 Å². The van der Waals surface area contributed by atoms with Gasteiger partial charge in [0.1, 0.15) is 0 Å². The standard InChI is InChI=1S/C16H27N3S2/c1-6-17-16(18-10-13(3)20-4)19-11-14-8-7-12(2)9-15(14)21-5/h7-9,13H,6,10-11H2,1-5H3,(H2,17,18,19). The van der Waals surface area contributed by atoms with Crippen LogP contribution in [0.1, 0.15) is 25.0 Å². The third-order valence-electron chi connectivity index (χ3n) is 3.15. The molecule has 0 spiro atoms. The number of hydrogen-bond donors (Lipinski definition) is 2. The van der Waals surface area contributed by atoms with Crippen LogP contribution in [0.4, 0.5) is 0 Å². The van der Waals surface area contributed by atoms with Crippen molar-refractivity contribution in [3.63, 3.8) is 0 Å². The summed E-state index contributed by atoms with van der Waals surface area (Å²) in [6, 6.07) is 6.56. The quantitative estimate of drug-likeness (QED) is 0.457. The van der Waals surface area contributed by atoms with E-state index in [0.717, 1.165) is 19.0 Å². The van der Waals surface area contributed by atoms with Crippen molar-refractivity contribution < 1.29 is 0 Å². The van der Waals surface area contributed by atoms with Crippen LogP contribution >= 0.6 is 23.5 Å². The minimum atomic E-state index is 0.579. The Balaban J connectivity index is 2.73. The molecule has 0 amide bonds. The highest BCUT2D eigenvalue weighted by molar-refractivity contribution is 7.99. The van der Waals surface area contributed by atoms with Crippen LogP contribution < -0.4 is 10.6 Å². The van der Waals surface area contributed by atoms with Gasteiger partial charge in [-0.3, -0.25) is 0 Å². The van der Waals surface area contributed by atoms with Gasteiger partial charge in [-0.05, 0) is 43.6 Å². The molecule has 1 unspecified atom stereocenters. The van der Waals surface area contributed by atoms with Gasteiger partial charge >= 0.3 is 0 Å². The van der Waals surface area contributed by atoms with E-state index in [1.165, 1.54) is 16.0 Å². The minimum Gasteiger partial charge on any atom is -0.357 e. The number of nitrogens with zero attached hydrogens (tertiary/aromatic N) is 1. The largest absolute Gasteiger partial charge is 0.357 e. The number of rotatable bonds is 7. The Hall–Kier alpha value is -0.810. The van der Waals surface area contributed by atoms with E-state index in [9.17, 15) is 0 Å². The maximum absolute atomic E-state index is 4.70. The second-order valence-corrected chi connectivity index (χ2v) is 7.06. The molecule has 0 radical (unpaired) electrons. The van der Waals surface area contributed by atoms with Crippen molar-refractivity contribution in [3.8, 4) is 0 Å². The van der Waals surface area contributed by atoms with Crippen molar-refractivity contribution >= 4 is 29.5 Å². The lowest BCUT2D eigenvalue weighted by Crippen LogP contribution is -2.40. The SMILES string of the molecule is CCNC(=NCc1ccc(C)cc1SC)NCC(C)SC. The lowest BCUT2D eigenvalue weighted by atomic mass is 10.1. The Labute approximate surface area is 137 Å².